The van der Waals surface area contributed by atoms with Crippen molar-refractivity contribution in [2.45, 2.75) is 32.3 Å². The quantitative estimate of drug-likeness (QED) is 0.710. The molecule has 0 radical (unpaired) electrons. The van der Waals surface area contributed by atoms with Gasteiger partial charge < -0.3 is 9.64 Å². The maximum Gasteiger partial charge on any atom is 0.278 e. The number of piperidine rings is 1. The minimum absolute atomic E-state index is 0.117. The highest BCUT2D eigenvalue weighted by Crippen LogP contribution is 2.14. The Balaban J connectivity index is 2.18. The summed E-state index contributed by atoms with van der Waals surface area (Å²) < 4.78 is 5.60. The summed E-state index contributed by atoms with van der Waals surface area (Å²) in [4.78, 5) is 12.6. The average molecular weight is 203 g/mol. The van der Waals surface area contributed by atoms with Crippen LogP contribution in [-0.2, 0) is 4.74 Å². The highest BCUT2D eigenvalue weighted by Gasteiger charge is 2.20. The lowest BCUT2D eigenvalue weighted by Crippen LogP contribution is -2.38. The normalized spacial score (nSPS) is 19.1. The van der Waals surface area contributed by atoms with Gasteiger partial charge in [0.25, 0.3) is 5.24 Å². The summed E-state index contributed by atoms with van der Waals surface area (Å²) in [5.74, 6) is 0. The number of hydrogen-bond acceptors (Lipinski definition) is 2. The molecule has 0 spiro atoms. The Hall–Kier alpha value is -0.220. The molecule has 0 atom stereocenters. The second kappa shape index (κ2) is 5.50. The molecule has 13 heavy (non-hydrogen) atoms. The lowest BCUT2D eigenvalue weighted by molar-refractivity contribution is 0.0173. The summed E-state index contributed by atoms with van der Waals surface area (Å²) in [6.45, 7) is 4.51. The monoisotopic (exact) mass is 203 g/mol. The number of likely N-dealkylation sites (tertiary alicyclic amines) is 1. The Kier molecular flexibility index (Phi) is 4.59. The number of hydrogen-bond donors (Lipinski definition) is 1. The van der Waals surface area contributed by atoms with E-state index in [0.29, 0.717) is 6.10 Å². The Morgan fingerprint density at radius 3 is 2.62 bits per heavy atom. The molecule has 0 aromatic carbocycles. The van der Waals surface area contributed by atoms with E-state index < -0.39 is 0 Å². The zero-order valence-corrected chi connectivity index (χ0v) is 8.93. The molecule has 1 aliphatic heterocycles. The van der Waals surface area contributed by atoms with Crippen molar-refractivity contribution in [2.24, 2.45) is 0 Å². The molecule has 0 aromatic rings. The lowest BCUT2D eigenvalue weighted by Gasteiger charge is -2.30. The van der Waals surface area contributed by atoms with Gasteiger partial charge in [-0.25, -0.2) is 0 Å². The van der Waals surface area contributed by atoms with Crippen LogP contribution in [0, 0.1) is 0 Å². The Morgan fingerprint density at radius 2 is 2.15 bits per heavy atom. The van der Waals surface area contributed by atoms with E-state index in [2.05, 4.69) is 19.6 Å². The SMILES string of the molecule is CCCOC1CCN(C(=O)S)CC1. The van der Waals surface area contributed by atoms with Crippen LogP contribution >= 0.6 is 12.6 Å². The van der Waals surface area contributed by atoms with Gasteiger partial charge in [0.15, 0.2) is 0 Å². The smallest absolute Gasteiger partial charge is 0.278 e. The van der Waals surface area contributed by atoms with Crippen LogP contribution in [0.5, 0.6) is 0 Å². The first kappa shape index (κ1) is 10.9. The number of carbonyl (C=O) groups is 1. The van der Waals surface area contributed by atoms with E-state index in [0.717, 1.165) is 39.0 Å². The number of carbonyl (C=O) groups excluding carboxylic acids is 1. The molecule has 4 heteroatoms. The van der Waals surface area contributed by atoms with Crippen LogP contribution in [0.15, 0.2) is 0 Å². The second-order valence-electron chi connectivity index (χ2n) is 3.34. The molecule has 3 nitrogen and oxygen atoms in total. The first-order valence-corrected chi connectivity index (χ1v) is 5.28. The maximum atomic E-state index is 10.9. The summed E-state index contributed by atoms with van der Waals surface area (Å²) in [5.41, 5.74) is 0. The van der Waals surface area contributed by atoms with Crippen LogP contribution in [0.25, 0.3) is 0 Å². The number of amides is 1. The van der Waals surface area contributed by atoms with E-state index >= 15 is 0 Å². The Bertz CT molecular complexity index is 167. The van der Waals surface area contributed by atoms with Gasteiger partial charge in [0, 0.05) is 19.7 Å². The Morgan fingerprint density at radius 1 is 1.54 bits per heavy atom. The number of rotatable bonds is 3. The van der Waals surface area contributed by atoms with Gasteiger partial charge in [0.1, 0.15) is 0 Å². The molecule has 0 aliphatic carbocycles. The molecular formula is C9H17NO2S. The van der Waals surface area contributed by atoms with Gasteiger partial charge in [-0.2, -0.15) is 0 Å². The molecule has 1 saturated heterocycles. The zero-order valence-electron chi connectivity index (χ0n) is 8.03. The molecule has 1 aliphatic rings. The summed E-state index contributed by atoms with van der Waals surface area (Å²) in [6, 6.07) is 0. The number of ether oxygens (including phenoxy) is 1. The van der Waals surface area contributed by atoms with Crippen LogP contribution in [0.1, 0.15) is 26.2 Å². The molecule has 0 bridgehead atoms. The molecule has 76 valence electrons. The predicted octanol–water partition coefficient (Wildman–Crippen LogP) is 1.93. The van der Waals surface area contributed by atoms with Crippen molar-refractivity contribution in [2.75, 3.05) is 19.7 Å². The Labute approximate surface area is 84.8 Å². The predicted molar refractivity (Wildman–Crippen MR) is 55.2 cm³/mol. The second-order valence-corrected chi connectivity index (χ2v) is 3.72. The summed E-state index contributed by atoms with van der Waals surface area (Å²) in [6.07, 6.45) is 3.31. The summed E-state index contributed by atoms with van der Waals surface area (Å²) in [7, 11) is 0. The van der Waals surface area contributed by atoms with Gasteiger partial charge in [0.05, 0.1) is 6.10 Å². The van der Waals surface area contributed by atoms with Crippen molar-refractivity contribution in [3.63, 3.8) is 0 Å². The van der Waals surface area contributed by atoms with E-state index in [1.54, 1.807) is 4.90 Å². The van der Waals surface area contributed by atoms with Crippen LogP contribution in [0.4, 0.5) is 4.79 Å². The van der Waals surface area contributed by atoms with E-state index in [9.17, 15) is 4.79 Å². The van der Waals surface area contributed by atoms with Crippen molar-refractivity contribution in [1.82, 2.24) is 4.90 Å². The van der Waals surface area contributed by atoms with Crippen LogP contribution < -0.4 is 0 Å². The van der Waals surface area contributed by atoms with Crippen molar-refractivity contribution in [1.29, 1.82) is 0 Å². The third-order valence-corrected chi connectivity index (χ3v) is 2.55. The molecule has 1 amide bonds. The van der Waals surface area contributed by atoms with Crippen LogP contribution in [0.3, 0.4) is 0 Å². The van der Waals surface area contributed by atoms with Crippen molar-refractivity contribution in [3.05, 3.63) is 0 Å². The third kappa shape index (κ3) is 3.56. The molecule has 0 saturated carbocycles. The molecule has 0 aromatic heterocycles. The van der Waals surface area contributed by atoms with Crippen LogP contribution in [0.2, 0.25) is 0 Å². The van der Waals surface area contributed by atoms with Crippen LogP contribution in [-0.4, -0.2) is 35.9 Å². The minimum atomic E-state index is -0.117. The van der Waals surface area contributed by atoms with Gasteiger partial charge in [-0.3, -0.25) is 4.79 Å². The van der Waals surface area contributed by atoms with E-state index in [-0.39, 0.29) is 5.24 Å². The fourth-order valence-corrected chi connectivity index (χ4v) is 1.70. The van der Waals surface area contributed by atoms with Crippen molar-refractivity contribution in [3.8, 4) is 0 Å². The highest BCUT2D eigenvalue weighted by molar-refractivity contribution is 7.96. The lowest BCUT2D eigenvalue weighted by atomic mass is 10.1. The third-order valence-electron chi connectivity index (χ3n) is 2.27. The molecule has 0 N–H and O–H groups in total. The molecular weight excluding hydrogens is 186 g/mol. The largest absolute Gasteiger partial charge is 0.378 e. The fourth-order valence-electron chi connectivity index (χ4n) is 1.50. The van der Waals surface area contributed by atoms with Crippen molar-refractivity contribution >= 4 is 17.9 Å². The minimum Gasteiger partial charge on any atom is -0.378 e. The fraction of sp³-hybridized carbons (Fsp3) is 0.889. The van der Waals surface area contributed by atoms with E-state index in [1.165, 1.54) is 0 Å². The number of thiol groups is 1. The van der Waals surface area contributed by atoms with Crippen molar-refractivity contribution < 1.29 is 9.53 Å². The van der Waals surface area contributed by atoms with E-state index in [1.807, 2.05) is 0 Å². The topological polar surface area (TPSA) is 29.5 Å². The number of nitrogens with zero attached hydrogens (tertiary/aromatic N) is 1. The van der Waals surface area contributed by atoms with Gasteiger partial charge in [-0.15, -0.1) is 0 Å². The maximum absolute atomic E-state index is 10.9. The first-order valence-electron chi connectivity index (χ1n) is 4.83. The van der Waals surface area contributed by atoms with Gasteiger partial charge in [0.2, 0.25) is 0 Å². The molecule has 1 rings (SSSR count). The molecule has 1 heterocycles. The zero-order chi connectivity index (χ0) is 9.68. The summed E-state index contributed by atoms with van der Waals surface area (Å²) in [5, 5.41) is -0.117. The summed E-state index contributed by atoms with van der Waals surface area (Å²) >= 11 is 3.79. The van der Waals surface area contributed by atoms with Gasteiger partial charge in [-0.05, 0) is 19.3 Å². The van der Waals surface area contributed by atoms with Gasteiger partial charge >= 0.3 is 0 Å². The molecule has 0 unspecified atom stereocenters. The standard InChI is InChI=1S/C9H17NO2S/c1-2-7-12-8-3-5-10(6-4-8)9(11)13/h8H,2-7H2,1H3,(H,11,13). The first-order chi connectivity index (χ1) is 6.24. The van der Waals surface area contributed by atoms with E-state index in [4.69, 9.17) is 4.74 Å². The molecule has 1 fully saturated rings. The average Bonchev–Trinajstić information content (AvgIpc) is 2.15. The highest BCUT2D eigenvalue weighted by atomic mass is 32.1. The van der Waals surface area contributed by atoms with Gasteiger partial charge in [-0.1, -0.05) is 19.6 Å².